The van der Waals surface area contributed by atoms with E-state index in [-0.39, 0.29) is 5.41 Å². The molecule has 4 heteroatoms. The molecule has 1 fully saturated rings. The molecule has 1 aliphatic heterocycles. The minimum Gasteiger partial charge on any atom is -0.319 e. The molecule has 1 aliphatic rings. The number of aryl methyl sites for hydroxylation is 1. The highest BCUT2D eigenvalue weighted by Crippen LogP contribution is 2.38. The van der Waals surface area contributed by atoms with Crippen molar-refractivity contribution in [3.63, 3.8) is 0 Å². The first-order valence-electron chi connectivity index (χ1n) is 8.23. The molecule has 0 aliphatic carbocycles. The third-order valence-electron chi connectivity index (χ3n) is 4.61. The number of hydrogen-bond donors (Lipinski definition) is 1. The second-order valence-corrected chi connectivity index (χ2v) is 7.60. The Bertz CT molecular complexity index is 458. The fourth-order valence-electron chi connectivity index (χ4n) is 3.70. The highest BCUT2D eigenvalue weighted by atomic mass is 15.3. The van der Waals surface area contributed by atoms with Gasteiger partial charge in [0.05, 0.1) is 5.69 Å². The predicted molar refractivity (Wildman–Crippen MR) is 88.5 cm³/mol. The van der Waals surface area contributed by atoms with Crippen LogP contribution in [0.3, 0.4) is 0 Å². The van der Waals surface area contributed by atoms with Crippen LogP contribution in [0, 0.1) is 5.92 Å². The molecule has 1 aromatic heterocycles. The lowest BCUT2D eigenvalue weighted by molar-refractivity contribution is 0.188. The van der Waals surface area contributed by atoms with E-state index >= 15 is 0 Å². The zero-order chi connectivity index (χ0) is 15.6. The Morgan fingerprint density at radius 1 is 1.29 bits per heavy atom. The molecule has 2 atom stereocenters. The summed E-state index contributed by atoms with van der Waals surface area (Å²) in [6.45, 7) is 9.06. The first-order chi connectivity index (χ1) is 9.84. The molecule has 1 aromatic rings. The van der Waals surface area contributed by atoms with Gasteiger partial charge in [0.25, 0.3) is 0 Å². The molecule has 0 bridgehead atoms. The van der Waals surface area contributed by atoms with Crippen molar-refractivity contribution in [3.05, 3.63) is 17.5 Å². The van der Waals surface area contributed by atoms with Crippen molar-refractivity contribution in [2.24, 2.45) is 13.0 Å². The second-order valence-electron chi connectivity index (χ2n) is 7.60. The van der Waals surface area contributed by atoms with Gasteiger partial charge < -0.3 is 5.32 Å². The van der Waals surface area contributed by atoms with Gasteiger partial charge in [-0.2, -0.15) is 5.10 Å². The first-order valence-corrected chi connectivity index (χ1v) is 8.23. The number of nitrogens with one attached hydrogen (secondary N) is 1. The van der Waals surface area contributed by atoms with Crippen LogP contribution < -0.4 is 5.32 Å². The molecule has 120 valence electrons. The average molecular weight is 292 g/mol. The van der Waals surface area contributed by atoms with E-state index in [1.165, 1.54) is 37.1 Å². The maximum atomic E-state index is 4.79. The lowest BCUT2D eigenvalue weighted by Gasteiger charge is -2.34. The molecule has 0 radical (unpaired) electrons. The van der Waals surface area contributed by atoms with Crippen LogP contribution in [0.2, 0.25) is 0 Å². The summed E-state index contributed by atoms with van der Waals surface area (Å²) in [4.78, 5) is 2.54. The minimum absolute atomic E-state index is 0.0912. The Balaban J connectivity index is 2.44. The van der Waals surface area contributed by atoms with E-state index in [0.717, 1.165) is 6.54 Å². The highest BCUT2D eigenvalue weighted by Gasteiger charge is 2.34. The van der Waals surface area contributed by atoms with Crippen LogP contribution in [0.5, 0.6) is 0 Å². The molecular weight excluding hydrogens is 260 g/mol. The van der Waals surface area contributed by atoms with Crippen LogP contribution in [-0.4, -0.2) is 41.9 Å². The summed E-state index contributed by atoms with van der Waals surface area (Å²) in [5.74, 6) is 0.660. The summed E-state index contributed by atoms with van der Waals surface area (Å²) < 4.78 is 1.99. The molecule has 2 unspecified atom stereocenters. The largest absolute Gasteiger partial charge is 0.319 e. The average Bonchev–Trinajstić information content (AvgIpc) is 2.67. The molecule has 0 aromatic carbocycles. The van der Waals surface area contributed by atoms with Crippen molar-refractivity contribution in [1.82, 2.24) is 20.0 Å². The summed E-state index contributed by atoms with van der Waals surface area (Å²) in [7, 11) is 6.39. The van der Waals surface area contributed by atoms with Gasteiger partial charge in [-0.3, -0.25) is 9.58 Å². The Morgan fingerprint density at radius 3 is 2.62 bits per heavy atom. The molecule has 2 rings (SSSR count). The van der Waals surface area contributed by atoms with Gasteiger partial charge in [-0.1, -0.05) is 27.2 Å². The fraction of sp³-hybridized carbons (Fsp3) is 0.824. The molecule has 0 amide bonds. The molecule has 4 nitrogen and oxygen atoms in total. The van der Waals surface area contributed by atoms with Gasteiger partial charge in [0, 0.05) is 30.3 Å². The molecule has 0 saturated carbocycles. The maximum Gasteiger partial charge on any atom is 0.0725 e. The maximum absolute atomic E-state index is 4.79. The normalized spacial score (nSPS) is 25.0. The second kappa shape index (κ2) is 6.49. The SMILES string of the molecule is CNCC1CCCCN(C)C1c1cn(C)nc1C(C)(C)C. The van der Waals surface area contributed by atoms with E-state index in [2.05, 4.69) is 51.3 Å². The predicted octanol–water partition coefficient (Wildman–Crippen LogP) is 2.71. The van der Waals surface area contributed by atoms with Crippen molar-refractivity contribution in [3.8, 4) is 0 Å². The number of aromatic nitrogens is 2. The van der Waals surface area contributed by atoms with Crippen LogP contribution in [0.25, 0.3) is 0 Å². The van der Waals surface area contributed by atoms with Gasteiger partial charge in [0.15, 0.2) is 0 Å². The van der Waals surface area contributed by atoms with E-state index < -0.39 is 0 Å². The van der Waals surface area contributed by atoms with Gasteiger partial charge in [-0.25, -0.2) is 0 Å². The van der Waals surface area contributed by atoms with E-state index in [1.807, 2.05) is 11.7 Å². The standard InChI is InChI=1S/C17H32N4/c1-17(2,3)16-14(12-21(6)19-16)15-13(11-18-4)9-7-8-10-20(15)5/h12-13,15,18H,7-11H2,1-6H3. The van der Waals surface area contributed by atoms with Crippen molar-refractivity contribution in [2.75, 3.05) is 27.2 Å². The molecule has 0 spiro atoms. The van der Waals surface area contributed by atoms with Gasteiger partial charge in [-0.15, -0.1) is 0 Å². The van der Waals surface area contributed by atoms with Crippen molar-refractivity contribution in [1.29, 1.82) is 0 Å². The lowest BCUT2D eigenvalue weighted by Crippen LogP contribution is -2.35. The number of nitrogens with zero attached hydrogens (tertiary/aromatic N) is 3. The van der Waals surface area contributed by atoms with Crippen molar-refractivity contribution < 1.29 is 0 Å². The topological polar surface area (TPSA) is 33.1 Å². The Kier molecular flexibility index (Phi) is 5.10. The van der Waals surface area contributed by atoms with E-state index in [1.54, 1.807) is 0 Å². The summed E-state index contributed by atoms with van der Waals surface area (Å²) >= 11 is 0. The van der Waals surface area contributed by atoms with Crippen molar-refractivity contribution >= 4 is 0 Å². The van der Waals surface area contributed by atoms with Crippen LogP contribution in [0.15, 0.2) is 6.20 Å². The zero-order valence-electron chi connectivity index (χ0n) is 14.6. The van der Waals surface area contributed by atoms with Crippen LogP contribution in [-0.2, 0) is 12.5 Å². The zero-order valence-corrected chi connectivity index (χ0v) is 14.6. The number of rotatable bonds is 3. The summed E-state index contributed by atoms with van der Waals surface area (Å²) in [5.41, 5.74) is 2.77. The van der Waals surface area contributed by atoms with E-state index in [0.29, 0.717) is 12.0 Å². The first kappa shape index (κ1) is 16.5. The third-order valence-corrected chi connectivity index (χ3v) is 4.61. The number of likely N-dealkylation sites (tertiary alicyclic amines) is 1. The van der Waals surface area contributed by atoms with E-state index in [4.69, 9.17) is 5.10 Å². The lowest BCUT2D eigenvalue weighted by atomic mass is 9.82. The van der Waals surface area contributed by atoms with Gasteiger partial charge in [0.2, 0.25) is 0 Å². The van der Waals surface area contributed by atoms with E-state index in [9.17, 15) is 0 Å². The Morgan fingerprint density at radius 2 is 2.00 bits per heavy atom. The smallest absolute Gasteiger partial charge is 0.0725 e. The Labute approximate surface area is 129 Å². The molecular formula is C17H32N4. The molecule has 2 heterocycles. The van der Waals surface area contributed by atoms with Gasteiger partial charge >= 0.3 is 0 Å². The summed E-state index contributed by atoms with van der Waals surface area (Å²) in [6, 6.07) is 0.475. The quantitative estimate of drug-likeness (QED) is 0.930. The molecule has 21 heavy (non-hydrogen) atoms. The van der Waals surface area contributed by atoms with Gasteiger partial charge in [-0.05, 0) is 45.9 Å². The highest BCUT2D eigenvalue weighted by molar-refractivity contribution is 5.28. The van der Waals surface area contributed by atoms with Crippen LogP contribution in [0.1, 0.15) is 57.3 Å². The van der Waals surface area contributed by atoms with Crippen molar-refractivity contribution in [2.45, 2.75) is 51.5 Å². The Hall–Kier alpha value is -0.870. The summed E-state index contributed by atoms with van der Waals surface area (Å²) in [6.07, 6.45) is 6.18. The summed E-state index contributed by atoms with van der Waals surface area (Å²) in [5, 5.41) is 8.18. The number of hydrogen-bond acceptors (Lipinski definition) is 3. The molecule has 1 N–H and O–H groups in total. The van der Waals surface area contributed by atoms with Crippen LogP contribution >= 0.6 is 0 Å². The molecule has 1 saturated heterocycles. The van der Waals surface area contributed by atoms with Crippen LogP contribution in [0.4, 0.5) is 0 Å². The fourth-order valence-corrected chi connectivity index (χ4v) is 3.70. The van der Waals surface area contributed by atoms with Gasteiger partial charge in [0.1, 0.15) is 0 Å². The third kappa shape index (κ3) is 3.67. The minimum atomic E-state index is 0.0912. The monoisotopic (exact) mass is 292 g/mol.